The van der Waals surface area contributed by atoms with Gasteiger partial charge >= 0.3 is 35.8 Å². The van der Waals surface area contributed by atoms with Crippen LogP contribution in [0.5, 0.6) is 0 Å². The number of hydrogen-bond acceptors (Lipinski definition) is 14. The van der Waals surface area contributed by atoms with Crippen molar-refractivity contribution in [2.45, 2.75) is 116 Å². The third kappa shape index (κ3) is 6.66. The van der Waals surface area contributed by atoms with Gasteiger partial charge in [-0.1, -0.05) is 43.3 Å². The van der Waals surface area contributed by atoms with Gasteiger partial charge in [0.05, 0.1) is 40.1 Å². The second-order valence-corrected chi connectivity index (χ2v) is 15.9. The van der Waals surface area contributed by atoms with Crippen LogP contribution >= 0.6 is 0 Å². The molecule has 2 saturated carbocycles. The smallest absolute Gasteiger partial charge is 0.338 e. The molecule has 14 nitrogen and oxygen atoms in total. The van der Waals surface area contributed by atoms with Crippen molar-refractivity contribution >= 4 is 35.8 Å². The fourth-order valence-corrected chi connectivity index (χ4v) is 9.86. The molecule has 3 fully saturated rings. The van der Waals surface area contributed by atoms with Crippen molar-refractivity contribution in [2.75, 3.05) is 6.61 Å². The Labute approximate surface area is 324 Å². The summed E-state index contributed by atoms with van der Waals surface area (Å²) in [5, 5.41) is 12.7. The van der Waals surface area contributed by atoms with Gasteiger partial charge < -0.3 is 38.3 Å². The van der Waals surface area contributed by atoms with Crippen LogP contribution in [0.4, 0.5) is 0 Å². The fraction of sp³-hybridized carbons (Fsp3) is 0.524. The molecule has 1 aliphatic heterocycles. The first-order valence-electron chi connectivity index (χ1n) is 18.6. The van der Waals surface area contributed by atoms with Gasteiger partial charge in [0, 0.05) is 40.5 Å². The number of carbonyl (C=O) groups excluding carboxylic acids is 6. The van der Waals surface area contributed by atoms with Gasteiger partial charge in [0.2, 0.25) is 0 Å². The van der Waals surface area contributed by atoms with Gasteiger partial charge in [0.15, 0.2) is 17.8 Å². The Balaban J connectivity index is 1.75. The minimum absolute atomic E-state index is 0.0909. The van der Waals surface area contributed by atoms with Gasteiger partial charge in [-0.05, 0) is 56.2 Å². The van der Waals surface area contributed by atoms with Crippen molar-refractivity contribution in [3.63, 3.8) is 0 Å². The molecule has 0 unspecified atom stereocenters. The van der Waals surface area contributed by atoms with Gasteiger partial charge in [-0.25, -0.2) is 9.59 Å². The second-order valence-electron chi connectivity index (χ2n) is 15.9. The second kappa shape index (κ2) is 14.8. The summed E-state index contributed by atoms with van der Waals surface area (Å²) in [6, 6.07) is 16.3. The Bertz CT molecular complexity index is 1930. The largest absolute Gasteiger partial charge is 0.458 e. The van der Waals surface area contributed by atoms with E-state index in [1.54, 1.807) is 74.5 Å². The molecule has 0 aromatic heterocycles. The SMILES string of the molecule is CC(=O)O[C@H]1C[C@]2(C(C)(C)O)C(=C1C)[C@@H](OC(C)=O)[C@H](OC(C)=O)[C@@]1(C)[C@@H](OC(=O)c3ccccc3)C[C@@H]3OC[C@@]3(OC(C)=O)[C@@H]1[C@@H]2OC(=O)c1ccccc1. The average molecular weight is 777 g/mol. The average Bonchev–Trinajstić information content (AvgIpc) is 3.37. The number of benzene rings is 2. The molecule has 1 heterocycles. The molecule has 10 atom stereocenters. The van der Waals surface area contributed by atoms with E-state index in [1.165, 1.54) is 27.7 Å². The summed E-state index contributed by atoms with van der Waals surface area (Å²) in [7, 11) is 0. The number of ether oxygens (including phenoxy) is 7. The highest BCUT2D eigenvalue weighted by molar-refractivity contribution is 5.90. The summed E-state index contributed by atoms with van der Waals surface area (Å²) >= 11 is 0. The van der Waals surface area contributed by atoms with Gasteiger partial charge in [-0.2, -0.15) is 0 Å². The van der Waals surface area contributed by atoms with E-state index < -0.39 is 100 Å². The molecule has 2 aromatic carbocycles. The Kier molecular flexibility index (Phi) is 10.7. The van der Waals surface area contributed by atoms with Crippen LogP contribution < -0.4 is 0 Å². The zero-order valence-electron chi connectivity index (χ0n) is 32.7. The lowest BCUT2D eigenvalue weighted by Crippen LogP contribution is -2.79. The van der Waals surface area contributed by atoms with E-state index in [0.717, 1.165) is 13.8 Å². The predicted octanol–water partition coefficient (Wildman–Crippen LogP) is 4.45. The molecule has 0 radical (unpaired) electrons. The topological polar surface area (TPSA) is 187 Å². The van der Waals surface area contributed by atoms with Crippen molar-refractivity contribution in [1.82, 2.24) is 0 Å². The molecule has 4 aliphatic rings. The zero-order valence-corrected chi connectivity index (χ0v) is 32.7. The minimum Gasteiger partial charge on any atom is -0.458 e. The number of aliphatic hydroxyl groups is 1. The van der Waals surface area contributed by atoms with Crippen molar-refractivity contribution < 1.29 is 67.0 Å². The molecule has 0 amide bonds. The molecule has 6 rings (SSSR count). The first-order chi connectivity index (χ1) is 26.3. The van der Waals surface area contributed by atoms with E-state index >= 15 is 0 Å². The van der Waals surface area contributed by atoms with E-state index in [2.05, 4.69) is 0 Å². The normalized spacial score (nSPS) is 33.2. The van der Waals surface area contributed by atoms with Crippen LogP contribution in [-0.2, 0) is 52.3 Å². The van der Waals surface area contributed by atoms with Gasteiger partial charge in [0.25, 0.3) is 0 Å². The van der Waals surface area contributed by atoms with Crippen LogP contribution in [0.15, 0.2) is 71.8 Å². The number of rotatable bonds is 9. The molecule has 56 heavy (non-hydrogen) atoms. The standard InChI is InChI=1S/C42H48O14/c1-22-29(51-23(2)43)20-41(39(6,7)49)32(22)33(52-24(3)44)35(53-25(4)45)40(8)30(54-37(47)27-15-11-9-12-16-27)19-31-42(21-50-31,56-26(5)46)34(40)36(41)55-38(48)28-17-13-10-14-18-28/h9-18,29-31,33-36,49H,19-21H2,1-8H3/t29-,30-,31-,33+,34+,35-,36-,40-,41-,42-/m0/s1. The van der Waals surface area contributed by atoms with E-state index in [0.29, 0.717) is 5.57 Å². The monoisotopic (exact) mass is 776 g/mol. The molecular formula is C42H48O14. The summed E-state index contributed by atoms with van der Waals surface area (Å²) in [5.74, 6) is -5.89. The van der Waals surface area contributed by atoms with Crippen LogP contribution in [0, 0.1) is 16.7 Å². The third-order valence-electron chi connectivity index (χ3n) is 12.1. The molecule has 0 bridgehead atoms. The van der Waals surface area contributed by atoms with E-state index in [9.17, 15) is 33.9 Å². The lowest BCUT2D eigenvalue weighted by Gasteiger charge is -2.65. The molecule has 1 saturated heterocycles. The minimum atomic E-state index is -1.92. The maximum absolute atomic E-state index is 14.5. The highest BCUT2D eigenvalue weighted by atomic mass is 16.6. The van der Waals surface area contributed by atoms with Crippen LogP contribution in [0.3, 0.4) is 0 Å². The van der Waals surface area contributed by atoms with Gasteiger partial charge in [-0.3, -0.25) is 19.2 Å². The molecular weight excluding hydrogens is 728 g/mol. The van der Waals surface area contributed by atoms with Crippen molar-refractivity contribution in [1.29, 1.82) is 0 Å². The Morgan fingerprint density at radius 2 is 1.27 bits per heavy atom. The number of esters is 6. The maximum Gasteiger partial charge on any atom is 0.338 e. The number of hydrogen-bond donors (Lipinski definition) is 1. The molecule has 14 heteroatoms. The maximum atomic E-state index is 14.5. The highest BCUT2D eigenvalue weighted by Gasteiger charge is 2.81. The lowest BCUT2D eigenvalue weighted by molar-refractivity contribution is -0.350. The highest BCUT2D eigenvalue weighted by Crippen LogP contribution is 2.69. The molecule has 300 valence electrons. The predicted molar refractivity (Wildman–Crippen MR) is 194 cm³/mol. The van der Waals surface area contributed by atoms with Gasteiger partial charge in [0.1, 0.15) is 24.4 Å². The van der Waals surface area contributed by atoms with Crippen molar-refractivity contribution in [2.24, 2.45) is 16.7 Å². The molecule has 2 aromatic rings. The third-order valence-corrected chi connectivity index (χ3v) is 12.1. The first kappa shape index (κ1) is 40.6. The van der Waals surface area contributed by atoms with Crippen LogP contribution in [0.25, 0.3) is 0 Å². The Morgan fingerprint density at radius 1 is 0.732 bits per heavy atom. The fourth-order valence-electron chi connectivity index (χ4n) is 9.86. The summed E-state index contributed by atoms with van der Waals surface area (Å²) in [6.07, 6.45) is -8.24. The summed E-state index contributed by atoms with van der Waals surface area (Å²) < 4.78 is 43.8. The van der Waals surface area contributed by atoms with E-state index in [4.69, 9.17) is 33.2 Å². The summed E-state index contributed by atoms with van der Waals surface area (Å²) in [6.45, 7) is 10.8. The molecule has 1 N–H and O–H groups in total. The van der Waals surface area contributed by atoms with E-state index in [-0.39, 0.29) is 36.1 Å². The summed E-state index contributed by atoms with van der Waals surface area (Å²) in [4.78, 5) is 81.0. The van der Waals surface area contributed by atoms with E-state index in [1.807, 2.05) is 0 Å². The number of carbonyl (C=O) groups is 6. The quantitative estimate of drug-likeness (QED) is 0.214. The zero-order chi connectivity index (χ0) is 41.0. The Hall–Kier alpha value is -5.08. The molecule has 0 spiro atoms. The Morgan fingerprint density at radius 3 is 1.73 bits per heavy atom. The lowest BCUT2D eigenvalue weighted by atomic mass is 9.49. The molecule has 3 aliphatic carbocycles. The van der Waals surface area contributed by atoms with Crippen molar-refractivity contribution in [3.05, 3.63) is 82.9 Å². The van der Waals surface area contributed by atoms with Crippen LogP contribution in [0.2, 0.25) is 0 Å². The summed E-state index contributed by atoms with van der Waals surface area (Å²) in [5.41, 5.74) is -6.31. The number of fused-ring (bicyclic) bond motifs is 4. The van der Waals surface area contributed by atoms with Gasteiger partial charge in [-0.15, -0.1) is 0 Å². The first-order valence-corrected chi connectivity index (χ1v) is 18.6. The van der Waals surface area contributed by atoms with Crippen molar-refractivity contribution in [3.8, 4) is 0 Å². The van der Waals surface area contributed by atoms with Crippen LogP contribution in [0.1, 0.15) is 88.9 Å². The van der Waals surface area contributed by atoms with Crippen LogP contribution in [-0.4, -0.2) is 95.4 Å².